The summed E-state index contributed by atoms with van der Waals surface area (Å²) in [5.41, 5.74) is -0.344. The fraction of sp³-hybridized carbons (Fsp3) is 0.591. The molecule has 29 heavy (non-hydrogen) atoms. The number of benzene rings is 1. The highest BCUT2D eigenvalue weighted by Gasteiger charge is 2.53. The zero-order valence-electron chi connectivity index (χ0n) is 16.8. The van der Waals surface area contributed by atoms with Crippen molar-refractivity contribution in [3.05, 3.63) is 51.3 Å². The van der Waals surface area contributed by atoms with E-state index in [2.05, 4.69) is 17.3 Å². The second-order valence-electron chi connectivity index (χ2n) is 9.53. The van der Waals surface area contributed by atoms with Crippen LogP contribution >= 0.6 is 0 Å². The Balaban J connectivity index is 1.31. The van der Waals surface area contributed by atoms with Gasteiger partial charge in [0.25, 0.3) is 0 Å². The van der Waals surface area contributed by atoms with Crippen molar-refractivity contribution in [3.8, 4) is 5.69 Å². The molecule has 1 heterocycles. The predicted molar refractivity (Wildman–Crippen MR) is 109 cm³/mol. The zero-order chi connectivity index (χ0) is 20.2. The summed E-state index contributed by atoms with van der Waals surface area (Å²) in [7, 11) is 0. The molecule has 154 valence electrons. The van der Waals surface area contributed by atoms with Crippen LogP contribution in [-0.2, 0) is 11.3 Å². The summed E-state index contributed by atoms with van der Waals surface area (Å²) in [4.78, 5) is 37.7. The van der Waals surface area contributed by atoms with Crippen LogP contribution in [0, 0.1) is 23.2 Å². The van der Waals surface area contributed by atoms with Crippen molar-refractivity contribution in [2.75, 3.05) is 0 Å². The number of aromatic amines is 1. The number of para-hydroxylation sites is 1. The summed E-state index contributed by atoms with van der Waals surface area (Å²) in [6.07, 6.45) is 7.68. The molecule has 1 amide bonds. The van der Waals surface area contributed by atoms with Gasteiger partial charge in [-0.25, -0.2) is 23.9 Å². The van der Waals surface area contributed by atoms with Crippen LogP contribution in [0.5, 0.6) is 0 Å². The molecule has 1 aromatic carbocycles. The van der Waals surface area contributed by atoms with Crippen molar-refractivity contribution in [2.45, 2.75) is 58.0 Å². The topological polar surface area (TPSA) is 88.9 Å². The molecule has 0 saturated heterocycles. The van der Waals surface area contributed by atoms with Gasteiger partial charge in [0, 0.05) is 6.04 Å². The summed E-state index contributed by atoms with van der Waals surface area (Å²) in [5.74, 6) is 2.16. The Hall–Kier alpha value is -2.57. The SMILES string of the molecule is CC(NC(=O)Cn1c(=O)[nH]n(-c2ccccc2)c1=O)C12CC3CC(CC(C3)C1)C2. The van der Waals surface area contributed by atoms with Gasteiger partial charge in [-0.15, -0.1) is 0 Å². The Morgan fingerprint density at radius 3 is 2.28 bits per heavy atom. The number of hydrogen-bond acceptors (Lipinski definition) is 3. The van der Waals surface area contributed by atoms with E-state index in [9.17, 15) is 14.4 Å². The lowest BCUT2D eigenvalue weighted by molar-refractivity contribution is -0.126. The quantitative estimate of drug-likeness (QED) is 0.811. The number of nitrogens with zero attached hydrogens (tertiary/aromatic N) is 2. The third-order valence-corrected chi connectivity index (χ3v) is 7.57. The third kappa shape index (κ3) is 3.16. The Labute approximate surface area is 169 Å². The molecular weight excluding hydrogens is 368 g/mol. The van der Waals surface area contributed by atoms with E-state index in [-0.39, 0.29) is 23.9 Å². The summed E-state index contributed by atoms with van der Waals surface area (Å²) < 4.78 is 2.15. The van der Waals surface area contributed by atoms with E-state index in [1.54, 1.807) is 24.3 Å². The maximum Gasteiger partial charge on any atom is 0.352 e. The van der Waals surface area contributed by atoms with Crippen LogP contribution in [0.2, 0.25) is 0 Å². The summed E-state index contributed by atoms with van der Waals surface area (Å²) in [5, 5.41) is 5.66. The van der Waals surface area contributed by atoms with Crippen molar-refractivity contribution >= 4 is 5.91 Å². The maximum atomic E-state index is 12.7. The Bertz CT molecular complexity index is 997. The lowest BCUT2D eigenvalue weighted by Gasteiger charge is -2.59. The highest BCUT2D eigenvalue weighted by atomic mass is 16.2. The van der Waals surface area contributed by atoms with E-state index in [0.29, 0.717) is 5.69 Å². The molecule has 4 aliphatic rings. The first kappa shape index (κ1) is 18.5. The molecule has 7 heteroatoms. The largest absolute Gasteiger partial charge is 0.352 e. The van der Waals surface area contributed by atoms with Gasteiger partial charge in [0.2, 0.25) is 5.91 Å². The van der Waals surface area contributed by atoms with Crippen LogP contribution in [0.3, 0.4) is 0 Å². The zero-order valence-corrected chi connectivity index (χ0v) is 16.8. The maximum absolute atomic E-state index is 12.7. The average molecular weight is 396 g/mol. The van der Waals surface area contributed by atoms with E-state index in [1.807, 2.05) is 6.07 Å². The number of amides is 1. The molecule has 7 nitrogen and oxygen atoms in total. The lowest BCUT2D eigenvalue weighted by atomic mass is 9.48. The van der Waals surface area contributed by atoms with E-state index in [1.165, 1.54) is 43.2 Å². The smallest absolute Gasteiger partial charge is 0.352 e. The molecule has 4 bridgehead atoms. The van der Waals surface area contributed by atoms with Crippen molar-refractivity contribution in [1.82, 2.24) is 19.7 Å². The van der Waals surface area contributed by atoms with Gasteiger partial charge >= 0.3 is 11.4 Å². The van der Waals surface area contributed by atoms with E-state index in [0.717, 1.165) is 22.3 Å². The van der Waals surface area contributed by atoms with Gasteiger partial charge in [-0.2, -0.15) is 0 Å². The van der Waals surface area contributed by atoms with Crippen LogP contribution in [0.15, 0.2) is 39.9 Å². The number of nitrogens with one attached hydrogen (secondary N) is 2. The van der Waals surface area contributed by atoms with Crippen molar-refractivity contribution in [1.29, 1.82) is 0 Å². The standard InChI is InChI=1S/C22H28N4O3/c1-14(22-10-15-7-16(11-22)9-17(8-15)12-22)23-19(27)13-25-20(28)24-26(21(25)29)18-5-3-2-4-6-18/h2-6,14-17H,7-13H2,1H3,(H,23,27)(H,24,28). The monoisotopic (exact) mass is 396 g/mol. The Kier molecular flexibility index (Phi) is 4.29. The first-order valence-electron chi connectivity index (χ1n) is 10.7. The molecule has 0 spiro atoms. The third-order valence-electron chi connectivity index (χ3n) is 7.57. The molecule has 4 saturated carbocycles. The molecule has 1 atom stereocenters. The number of carbonyl (C=O) groups excluding carboxylic acids is 1. The predicted octanol–water partition coefficient (Wildman–Crippen LogP) is 2.05. The summed E-state index contributed by atoms with van der Waals surface area (Å²) in [6.45, 7) is 1.85. The average Bonchev–Trinajstić information content (AvgIpc) is 2.96. The minimum Gasteiger partial charge on any atom is -0.352 e. The van der Waals surface area contributed by atoms with Crippen LogP contribution < -0.4 is 16.7 Å². The first-order chi connectivity index (χ1) is 13.9. The molecule has 4 aliphatic carbocycles. The molecule has 6 rings (SSSR count). The Morgan fingerprint density at radius 1 is 1.10 bits per heavy atom. The second kappa shape index (κ2) is 6.75. The van der Waals surface area contributed by atoms with Crippen LogP contribution in [0.1, 0.15) is 45.4 Å². The van der Waals surface area contributed by atoms with Crippen molar-refractivity contribution in [3.63, 3.8) is 0 Å². The van der Waals surface area contributed by atoms with Crippen LogP contribution in [0.25, 0.3) is 5.69 Å². The lowest BCUT2D eigenvalue weighted by Crippen LogP contribution is -2.56. The number of H-pyrrole nitrogens is 1. The number of hydrogen-bond donors (Lipinski definition) is 2. The van der Waals surface area contributed by atoms with Gasteiger partial charge in [-0.05, 0) is 80.8 Å². The molecule has 2 N–H and O–H groups in total. The van der Waals surface area contributed by atoms with Gasteiger partial charge in [-0.3, -0.25) is 4.79 Å². The number of aromatic nitrogens is 3. The molecule has 0 aliphatic heterocycles. The molecule has 2 aromatic rings. The summed E-state index contributed by atoms with van der Waals surface area (Å²) in [6, 6.07) is 8.94. The minimum atomic E-state index is -0.573. The van der Waals surface area contributed by atoms with Crippen LogP contribution in [-0.4, -0.2) is 26.3 Å². The summed E-state index contributed by atoms with van der Waals surface area (Å²) >= 11 is 0. The normalized spacial score (nSPS) is 31.0. The van der Waals surface area contributed by atoms with Crippen molar-refractivity contribution in [2.24, 2.45) is 23.2 Å². The molecule has 0 radical (unpaired) electrons. The van der Waals surface area contributed by atoms with Crippen molar-refractivity contribution < 1.29 is 4.79 Å². The van der Waals surface area contributed by atoms with Crippen LogP contribution in [0.4, 0.5) is 0 Å². The molecule has 1 aromatic heterocycles. The van der Waals surface area contributed by atoms with Gasteiger partial charge in [0.15, 0.2) is 0 Å². The molecule has 1 unspecified atom stereocenters. The van der Waals surface area contributed by atoms with E-state index >= 15 is 0 Å². The Morgan fingerprint density at radius 2 is 1.69 bits per heavy atom. The van der Waals surface area contributed by atoms with Gasteiger partial charge in [0.1, 0.15) is 6.54 Å². The molecule has 4 fully saturated rings. The van der Waals surface area contributed by atoms with Gasteiger partial charge in [-0.1, -0.05) is 18.2 Å². The van der Waals surface area contributed by atoms with Gasteiger partial charge in [0.05, 0.1) is 5.69 Å². The fourth-order valence-electron chi connectivity index (χ4n) is 6.59. The fourth-order valence-corrected chi connectivity index (χ4v) is 6.59. The van der Waals surface area contributed by atoms with Gasteiger partial charge < -0.3 is 5.32 Å². The number of rotatable bonds is 5. The number of carbonyl (C=O) groups is 1. The first-order valence-corrected chi connectivity index (χ1v) is 10.7. The highest BCUT2D eigenvalue weighted by Crippen LogP contribution is 2.61. The molecular formula is C22H28N4O3. The minimum absolute atomic E-state index is 0.0643. The second-order valence-corrected chi connectivity index (χ2v) is 9.53. The van der Waals surface area contributed by atoms with E-state index < -0.39 is 11.4 Å². The van der Waals surface area contributed by atoms with E-state index in [4.69, 9.17) is 0 Å². The highest BCUT2D eigenvalue weighted by molar-refractivity contribution is 5.76.